The summed E-state index contributed by atoms with van der Waals surface area (Å²) < 4.78 is 95.5. The number of hydrogen-bond acceptors (Lipinski definition) is 8. The topological polar surface area (TPSA) is 118 Å². The minimum Gasteiger partial charge on any atom is -0.366 e. The van der Waals surface area contributed by atoms with Gasteiger partial charge in [-0.1, -0.05) is 11.3 Å². The molecule has 3 heterocycles. The Labute approximate surface area is 222 Å². The zero-order valence-corrected chi connectivity index (χ0v) is 21.7. The van der Waals surface area contributed by atoms with Crippen LogP contribution in [-0.4, -0.2) is 77.2 Å². The van der Waals surface area contributed by atoms with Crippen molar-refractivity contribution in [1.82, 2.24) is 29.6 Å². The summed E-state index contributed by atoms with van der Waals surface area (Å²) in [6.45, 7) is 6.69. The van der Waals surface area contributed by atoms with Crippen LogP contribution in [0.5, 0.6) is 0 Å². The number of sulfonamides is 1. The Bertz CT molecular complexity index is 1600. The third kappa shape index (κ3) is 5.01. The Balaban J connectivity index is 1.60. The number of carbonyl (C=O) groups is 1. The van der Waals surface area contributed by atoms with Gasteiger partial charge in [-0.2, -0.15) is 18.3 Å². The molecule has 1 saturated carbocycles. The lowest BCUT2D eigenvalue weighted by Crippen LogP contribution is -2.52. The molecule has 39 heavy (non-hydrogen) atoms. The highest BCUT2D eigenvalue weighted by Crippen LogP contribution is 2.41. The number of amides is 1. The van der Waals surface area contributed by atoms with Crippen LogP contribution >= 0.6 is 11.3 Å². The van der Waals surface area contributed by atoms with Crippen molar-refractivity contribution < 1.29 is 35.2 Å². The van der Waals surface area contributed by atoms with E-state index in [1.165, 1.54) is 16.8 Å². The summed E-state index contributed by atoms with van der Waals surface area (Å²) in [6.07, 6.45) is -7.23. The van der Waals surface area contributed by atoms with E-state index in [4.69, 9.17) is 6.57 Å². The number of nitrogens with one attached hydrogen (secondary N) is 1. The molecule has 208 valence electrons. The van der Waals surface area contributed by atoms with Crippen LogP contribution in [0.15, 0.2) is 17.0 Å². The summed E-state index contributed by atoms with van der Waals surface area (Å²) in [5.41, 5.74) is -0.493. The Hall–Kier alpha value is -3.43. The highest BCUT2D eigenvalue weighted by Gasteiger charge is 2.54. The van der Waals surface area contributed by atoms with Gasteiger partial charge in [0.15, 0.2) is 10.0 Å². The van der Waals surface area contributed by atoms with E-state index in [0.717, 1.165) is 0 Å². The number of alkyl halides is 5. The normalized spacial score (nSPS) is 17.6. The predicted octanol–water partition coefficient (Wildman–Crippen LogP) is 2.93. The number of halogens is 5. The van der Waals surface area contributed by atoms with Gasteiger partial charge in [0.05, 0.1) is 28.9 Å². The average Bonchev–Trinajstić information content (AvgIpc) is 3.31. The molecule has 11 nitrogen and oxygen atoms in total. The third-order valence-corrected chi connectivity index (χ3v) is 8.89. The van der Waals surface area contributed by atoms with Crippen molar-refractivity contribution in [2.24, 2.45) is 7.05 Å². The van der Waals surface area contributed by atoms with Crippen LogP contribution in [0.3, 0.4) is 0 Å². The predicted molar refractivity (Wildman–Crippen MR) is 128 cm³/mol. The molecule has 0 atom stereocenters. The van der Waals surface area contributed by atoms with Gasteiger partial charge in [-0.25, -0.2) is 23.8 Å². The molecule has 18 heteroatoms. The third-order valence-electron chi connectivity index (χ3n) is 6.44. The maximum atomic E-state index is 13.3. The fourth-order valence-corrected chi connectivity index (χ4v) is 6.44. The summed E-state index contributed by atoms with van der Waals surface area (Å²) in [4.78, 5) is 17.1. The number of carbonyl (C=O) groups excluding carboxylic acids is 1. The molecule has 0 bridgehead atoms. The van der Waals surface area contributed by atoms with Gasteiger partial charge < -0.3 is 9.80 Å². The van der Waals surface area contributed by atoms with E-state index in [1.54, 1.807) is 11.9 Å². The molecule has 2 fully saturated rings. The Morgan fingerprint density at radius 3 is 2.38 bits per heavy atom. The number of rotatable bonds is 6. The van der Waals surface area contributed by atoms with Gasteiger partial charge in [0.1, 0.15) is 5.69 Å². The second kappa shape index (κ2) is 9.34. The molecule has 5 rings (SSSR count). The van der Waals surface area contributed by atoms with Crippen molar-refractivity contribution in [3.63, 3.8) is 0 Å². The van der Waals surface area contributed by atoms with E-state index in [9.17, 15) is 35.2 Å². The van der Waals surface area contributed by atoms with Gasteiger partial charge in [-0.05, 0) is 12.1 Å². The molecular formula is C21H19F5N8O3S2. The number of piperazine rings is 1. The fourth-order valence-electron chi connectivity index (χ4n) is 4.33. The summed E-state index contributed by atoms with van der Waals surface area (Å²) in [5.74, 6) is -1.96. The maximum absolute atomic E-state index is 13.3. The van der Waals surface area contributed by atoms with Gasteiger partial charge in [-0.15, -0.1) is 14.9 Å². The zero-order valence-electron chi connectivity index (χ0n) is 20.0. The first kappa shape index (κ1) is 27.1. The smallest absolute Gasteiger partial charge is 0.366 e. The van der Waals surface area contributed by atoms with Crippen LogP contribution < -0.4 is 9.62 Å². The molecule has 0 unspecified atom stereocenters. The molecule has 0 spiro atoms. The van der Waals surface area contributed by atoms with Crippen LogP contribution in [0.2, 0.25) is 0 Å². The summed E-state index contributed by atoms with van der Waals surface area (Å²) in [7, 11) is -2.71. The van der Waals surface area contributed by atoms with Crippen molar-refractivity contribution >= 4 is 43.9 Å². The van der Waals surface area contributed by atoms with Gasteiger partial charge >= 0.3 is 12.1 Å². The zero-order chi connectivity index (χ0) is 28.3. The molecule has 1 saturated heterocycles. The molecule has 3 aromatic rings. The van der Waals surface area contributed by atoms with E-state index >= 15 is 0 Å². The van der Waals surface area contributed by atoms with Crippen LogP contribution in [0, 0.1) is 6.57 Å². The van der Waals surface area contributed by atoms with Crippen molar-refractivity contribution in [3.8, 4) is 10.7 Å². The summed E-state index contributed by atoms with van der Waals surface area (Å²) in [6, 6.07) is 2.61. The van der Waals surface area contributed by atoms with Crippen LogP contribution in [0.25, 0.3) is 26.4 Å². The number of aromatic nitrogens is 4. The van der Waals surface area contributed by atoms with Gasteiger partial charge in [0.2, 0.25) is 10.0 Å². The van der Waals surface area contributed by atoms with Crippen molar-refractivity contribution in [3.05, 3.63) is 28.6 Å². The summed E-state index contributed by atoms with van der Waals surface area (Å²) in [5, 5.41) is 11.3. The van der Waals surface area contributed by atoms with E-state index < -0.39 is 39.2 Å². The standard InChI is InChI=1S/C21H19F5N8O3S2/c1-27-20(3-4-20)31-39(36,37)11-9-12-14(17-28-29-18(38-17)16(22)23)30-32(2)15(12)13(10-11)33-5-7-34(8-6-33)19(35)21(24,25)26/h9-10,16,31H,3-8H2,2H3. The first-order chi connectivity index (χ1) is 18.2. The molecule has 1 aliphatic heterocycles. The van der Waals surface area contributed by atoms with E-state index in [1.807, 2.05) is 0 Å². The van der Waals surface area contributed by atoms with E-state index in [-0.39, 0.29) is 47.2 Å². The first-order valence-corrected chi connectivity index (χ1v) is 13.7. The molecule has 0 radical (unpaired) electrons. The molecule has 1 N–H and O–H groups in total. The number of hydrogen-bond donors (Lipinski definition) is 1. The Kier molecular flexibility index (Phi) is 6.50. The van der Waals surface area contributed by atoms with Gasteiger partial charge in [-0.3, -0.25) is 14.3 Å². The van der Waals surface area contributed by atoms with E-state index in [2.05, 4.69) is 24.9 Å². The van der Waals surface area contributed by atoms with Gasteiger partial charge in [0, 0.05) is 38.6 Å². The van der Waals surface area contributed by atoms with Crippen molar-refractivity contribution in [2.75, 3.05) is 31.1 Å². The SMILES string of the molecule is [C-]#[N+]C1(NS(=O)(=O)c2cc(N3CCN(C(=O)C(F)(F)F)CC3)c3c(c2)c(-c2nnc(C(F)F)s2)nn3C)CC1. The molecule has 2 aliphatic rings. The Morgan fingerprint density at radius 2 is 1.85 bits per heavy atom. The molecule has 1 amide bonds. The maximum Gasteiger partial charge on any atom is 0.471 e. The van der Waals surface area contributed by atoms with Crippen LogP contribution in [0.1, 0.15) is 24.3 Å². The number of anilines is 1. The number of nitrogens with zero attached hydrogens (tertiary/aromatic N) is 7. The van der Waals surface area contributed by atoms with Crippen molar-refractivity contribution in [1.29, 1.82) is 0 Å². The number of benzene rings is 1. The number of aryl methyl sites for hydroxylation is 1. The van der Waals surface area contributed by atoms with Crippen LogP contribution in [-0.2, 0) is 21.9 Å². The Morgan fingerprint density at radius 1 is 1.18 bits per heavy atom. The monoisotopic (exact) mass is 590 g/mol. The van der Waals surface area contributed by atoms with Crippen molar-refractivity contribution in [2.45, 2.75) is 36.0 Å². The molecule has 2 aromatic heterocycles. The molecule has 1 aliphatic carbocycles. The van der Waals surface area contributed by atoms with E-state index in [0.29, 0.717) is 40.3 Å². The number of fused-ring (bicyclic) bond motifs is 1. The summed E-state index contributed by atoms with van der Waals surface area (Å²) >= 11 is 0.589. The van der Waals surface area contributed by atoms with Gasteiger partial charge in [0.25, 0.3) is 12.1 Å². The first-order valence-electron chi connectivity index (χ1n) is 11.4. The fraction of sp³-hybridized carbons (Fsp3) is 0.476. The van der Waals surface area contributed by atoms with Crippen LogP contribution in [0.4, 0.5) is 27.6 Å². The lowest BCUT2D eigenvalue weighted by atomic mass is 10.1. The molecule has 1 aromatic carbocycles. The quantitative estimate of drug-likeness (QED) is 0.347. The second-order valence-electron chi connectivity index (χ2n) is 9.08. The minimum atomic E-state index is -5.02. The lowest BCUT2D eigenvalue weighted by molar-refractivity contribution is -0.185. The highest BCUT2D eigenvalue weighted by molar-refractivity contribution is 7.89. The molecular weight excluding hydrogens is 571 g/mol. The largest absolute Gasteiger partial charge is 0.471 e. The minimum absolute atomic E-state index is 0.0183. The highest BCUT2D eigenvalue weighted by atomic mass is 32.2. The second-order valence-corrected chi connectivity index (χ2v) is 11.8. The average molecular weight is 591 g/mol. The lowest BCUT2D eigenvalue weighted by Gasteiger charge is -2.36.